The maximum atomic E-state index is 14.0. The summed E-state index contributed by atoms with van der Waals surface area (Å²) in [5, 5.41) is 8.77. The lowest BCUT2D eigenvalue weighted by Crippen LogP contribution is -2.11. The molecule has 0 heterocycles. The fourth-order valence-electron chi connectivity index (χ4n) is 3.28. The number of hydrogen-bond acceptors (Lipinski definition) is 2. The molecule has 2 rings (SSSR count). The van der Waals surface area contributed by atoms with Crippen LogP contribution in [0.15, 0.2) is 48.5 Å². The highest BCUT2D eigenvalue weighted by atomic mass is 19.1. The van der Waals surface area contributed by atoms with Gasteiger partial charge >= 0.3 is 5.97 Å². The van der Waals surface area contributed by atoms with Gasteiger partial charge < -0.3 is 9.84 Å². The highest BCUT2D eigenvalue weighted by molar-refractivity contribution is 5.69. The summed E-state index contributed by atoms with van der Waals surface area (Å²) in [7, 11) is 0. The van der Waals surface area contributed by atoms with E-state index in [-0.39, 0.29) is 6.42 Å². The van der Waals surface area contributed by atoms with Crippen molar-refractivity contribution in [3.8, 4) is 16.9 Å². The van der Waals surface area contributed by atoms with Crippen molar-refractivity contribution in [3.05, 3.63) is 54.1 Å². The molecule has 0 saturated heterocycles. The third-order valence-electron chi connectivity index (χ3n) is 4.79. The third kappa shape index (κ3) is 7.71. The predicted molar refractivity (Wildman–Crippen MR) is 112 cm³/mol. The van der Waals surface area contributed by atoms with E-state index in [1.165, 1.54) is 32.1 Å². The molecule has 1 unspecified atom stereocenters. The van der Waals surface area contributed by atoms with Crippen LogP contribution < -0.4 is 4.74 Å². The molecule has 1 N–H and O–H groups in total. The Labute approximate surface area is 167 Å². The quantitative estimate of drug-likeness (QED) is 0.403. The van der Waals surface area contributed by atoms with Gasteiger partial charge in [-0.1, -0.05) is 75.4 Å². The molecule has 3 nitrogen and oxygen atoms in total. The molecule has 0 aliphatic rings. The van der Waals surface area contributed by atoms with Crippen LogP contribution in [0.4, 0.5) is 4.39 Å². The Morgan fingerprint density at radius 1 is 1.00 bits per heavy atom. The van der Waals surface area contributed by atoms with Crippen LogP contribution in [0.1, 0.15) is 57.4 Å². The maximum Gasteiger partial charge on any atom is 0.306 e. The van der Waals surface area contributed by atoms with Crippen LogP contribution in [0.3, 0.4) is 0 Å². The predicted octanol–water partition coefficient (Wildman–Crippen LogP) is 6.45. The Balaban J connectivity index is 1.90. The summed E-state index contributed by atoms with van der Waals surface area (Å²) in [4.78, 5) is 10.7. The van der Waals surface area contributed by atoms with Crippen molar-refractivity contribution >= 4 is 5.97 Å². The number of aliphatic carboxylic acids is 1. The summed E-state index contributed by atoms with van der Waals surface area (Å²) < 4.78 is 19.8. The van der Waals surface area contributed by atoms with Gasteiger partial charge in [-0.25, -0.2) is 4.39 Å². The SMILES string of the molecule is CCCCCCCCOc1ccc(-c2ccccc2CC(F)CC(=O)O)cc1. The van der Waals surface area contributed by atoms with Gasteiger partial charge in [0.1, 0.15) is 11.9 Å². The van der Waals surface area contributed by atoms with Crippen molar-refractivity contribution in [1.29, 1.82) is 0 Å². The monoisotopic (exact) mass is 386 g/mol. The van der Waals surface area contributed by atoms with Gasteiger partial charge in [0.15, 0.2) is 0 Å². The average molecular weight is 387 g/mol. The smallest absolute Gasteiger partial charge is 0.306 e. The minimum Gasteiger partial charge on any atom is -0.494 e. The lowest BCUT2D eigenvalue weighted by Gasteiger charge is -2.12. The van der Waals surface area contributed by atoms with E-state index in [4.69, 9.17) is 9.84 Å². The maximum absolute atomic E-state index is 14.0. The van der Waals surface area contributed by atoms with E-state index < -0.39 is 18.6 Å². The van der Waals surface area contributed by atoms with Gasteiger partial charge in [0, 0.05) is 6.42 Å². The number of ether oxygens (including phenoxy) is 1. The highest BCUT2D eigenvalue weighted by Gasteiger charge is 2.15. The molecule has 0 saturated carbocycles. The van der Waals surface area contributed by atoms with E-state index in [9.17, 15) is 9.18 Å². The van der Waals surface area contributed by atoms with Gasteiger partial charge in [0.25, 0.3) is 0 Å². The zero-order valence-corrected chi connectivity index (χ0v) is 16.7. The van der Waals surface area contributed by atoms with Crippen molar-refractivity contribution in [2.24, 2.45) is 0 Å². The van der Waals surface area contributed by atoms with E-state index in [1.807, 2.05) is 48.5 Å². The minimum absolute atomic E-state index is 0.0960. The van der Waals surface area contributed by atoms with Crippen LogP contribution in [-0.2, 0) is 11.2 Å². The van der Waals surface area contributed by atoms with Crippen LogP contribution in [0.2, 0.25) is 0 Å². The lowest BCUT2D eigenvalue weighted by atomic mass is 9.95. The molecule has 2 aromatic carbocycles. The normalized spacial score (nSPS) is 11.9. The van der Waals surface area contributed by atoms with Crippen molar-refractivity contribution in [2.45, 2.75) is 64.5 Å². The second-order valence-electron chi connectivity index (χ2n) is 7.20. The van der Waals surface area contributed by atoms with Crippen molar-refractivity contribution in [3.63, 3.8) is 0 Å². The number of hydrogen-bond donors (Lipinski definition) is 1. The van der Waals surface area contributed by atoms with Crippen LogP contribution in [0, 0.1) is 0 Å². The molecule has 28 heavy (non-hydrogen) atoms. The zero-order chi connectivity index (χ0) is 20.2. The van der Waals surface area contributed by atoms with E-state index in [0.717, 1.165) is 35.5 Å². The summed E-state index contributed by atoms with van der Waals surface area (Å²) in [6.07, 6.45) is 5.64. The molecule has 152 valence electrons. The number of carboxylic acid groups (broad SMARTS) is 1. The van der Waals surface area contributed by atoms with Gasteiger partial charge in [-0.05, 0) is 35.2 Å². The Morgan fingerprint density at radius 3 is 2.39 bits per heavy atom. The molecule has 0 fully saturated rings. The number of benzene rings is 2. The molecule has 2 aromatic rings. The average Bonchev–Trinajstić information content (AvgIpc) is 2.68. The third-order valence-corrected chi connectivity index (χ3v) is 4.79. The Bertz CT molecular complexity index is 712. The van der Waals surface area contributed by atoms with Gasteiger partial charge in [-0.15, -0.1) is 0 Å². The summed E-state index contributed by atoms with van der Waals surface area (Å²) in [6.45, 7) is 2.94. The fourth-order valence-corrected chi connectivity index (χ4v) is 3.28. The standard InChI is InChI=1S/C24H31FO3/c1-2-3-4-5-6-9-16-28-22-14-12-19(13-15-22)23-11-8-7-10-20(23)17-21(25)18-24(26)27/h7-8,10-15,21H,2-6,9,16-18H2,1H3,(H,26,27). The van der Waals surface area contributed by atoms with Crippen molar-refractivity contribution in [1.82, 2.24) is 0 Å². The van der Waals surface area contributed by atoms with E-state index in [0.29, 0.717) is 0 Å². The largest absolute Gasteiger partial charge is 0.494 e. The first-order valence-electron chi connectivity index (χ1n) is 10.3. The lowest BCUT2D eigenvalue weighted by molar-refractivity contribution is -0.138. The van der Waals surface area contributed by atoms with Crippen LogP contribution in [0.25, 0.3) is 11.1 Å². The van der Waals surface area contributed by atoms with Crippen LogP contribution in [-0.4, -0.2) is 23.9 Å². The Morgan fingerprint density at radius 2 is 1.68 bits per heavy atom. The van der Waals surface area contributed by atoms with E-state index >= 15 is 0 Å². The number of carboxylic acids is 1. The van der Waals surface area contributed by atoms with Crippen molar-refractivity contribution in [2.75, 3.05) is 6.61 Å². The van der Waals surface area contributed by atoms with E-state index in [2.05, 4.69) is 6.92 Å². The summed E-state index contributed by atoms with van der Waals surface area (Å²) >= 11 is 0. The van der Waals surface area contributed by atoms with Gasteiger partial charge in [0.2, 0.25) is 0 Å². The van der Waals surface area contributed by atoms with Gasteiger partial charge in [0.05, 0.1) is 13.0 Å². The molecular formula is C24H31FO3. The van der Waals surface area contributed by atoms with Gasteiger partial charge in [-0.3, -0.25) is 4.79 Å². The zero-order valence-electron chi connectivity index (χ0n) is 16.7. The molecule has 0 radical (unpaired) electrons. The molecule has 0 spiro atoms. The number of halogens is 1. The Kier molecular flexibility index (Phi) is 9.53. The second kappa shape index (κ2) is 12.2. The first-order valence-corrected chi connectivity index (χ1v) is 10.3. The molecule has 0 aromatic heterocycles. The summed E-state index contributed by atoms with van der Waals surface area (Å²) in [5.74, 6) is -0.277. The number of carbonyl (C=O) groups is 1. The fraction of sp³-hybridized carbons (Fsp3) is 0.458. The number of alkyl halides is 1. The molecule has 0 aliphatic carbocycles. The topological polar surface area (TPSA) is 46.5 Å². The van der Waals surface area contributed by atoms with Crippen molar-refractivity contribution < 1.29 is 19.0 Å². The molecule has 0 amide bonds. The van der Waals surface area contributed by atoms with Crippen LogP contribution in [0.5, 0.6) is 5.75 Å². The van der Waals surface area contributed by atoms with Gasteiger partial charge in [-0.2, -0.15) is 0 Å². The molecule has 0 aliphatic heterocycles. The first-order chi connectivity index (χ1) is 13.6. The molecule has 0 bridgehead atoms. The number of rotatable bonds is 13. The van der Waals surface area contributed by atoms with E-state index in [1.54, 1.807) is 0 Å². The summed E-state index contributed by atoms with van der Waals surface area (Å²) in [5.41, 5.74) is 2.72. The summed E-state index contributed by atoms with van der Waals surface area (Å²) in [6, 6.07) is 15.4. The number of unbranched alkanes of at least 4 members (excludes halogenated alkanes) is 5. The minimum atomic E-state index is -1.39. The highest BCUT2D eigenvalue weighted by Crippen LogP contribution is 2.27. The molecular weight excluding hydrogens is 355 g/mol. The molecule has 1 atom stereocenters. The Hall–Kier alpha value is -2.36. The molecule has 4 heteroatoms. The first kappa shape index (κ1) is 21.9. The van der Waals surface area contributed by atoms with Crippen LogP contribution >= 0.6 is 0 Å². The second-order valence-corrected chi connectivity index (χ2v) is 7.20.